The van der Waals surface area contributed by atoms with Crippen LogP contribution in [0, 0.1) is 13.8 Å². The molecule has 0 aliphatic carbocycles. The van der Waals surface area contributed by atoms with E-state index in [1.165, 1.54) is 12.3 Å². The number of pyridine rings is 2. The minimum atomic E-state index is -4.69. The van der Waals surface area contributed by atoms with Crippen LogP contribution in [0.25, 0.3) is 5.65 Å². The van der Waals surface area contributed by atoms with Crippen LogP contribution in [0.4, 0.5) is 19.0 Å². The first-order valence-corrected chi connectivity index (χ1v) is 14.8. The predicted molar refractivity (Wildman–Crippen MR) is 151 cm³/mol. The number of anilines is 1. The normalized spacial score (nSPS) is 20.0. The number of nitrogens with zero attached hydrogens (tertiary/aromatic N) is 6. The molecule has 6 rings (SSSR count). The molecule has 4 aromatic rings. The van der Waals surface area contributed by atoms with E-state index in [9.17, 15) is 27.6 Å². The van der Waals surface area contributed by atoms with Crippen molar-refractivity contribution in [1.29, 1.82) is 0 Å². The molecule has 1 N–H and O–H groups in total. The summed E-state index contributed by atoms with van der Waals surface area (Å²) in [6.07, 6.45) is -2.06. The number of morpholine rings is 1. The monoisotopic (exact) mass is 614 g/mol. The Morgan fingerprint density at radius 3 is 2.81 bits per heavy atom. The largest absolute Gasteiger partial charge is 0.593 e. The van der Waals surface area contributed by atoms with E-state index in [0.717, 1.165) is 15.5 Å². The molecule has 1 aromatic carbocycles. The average Bonchev–Trinajstić information content (AvgIpc) is 3.39. The van der Waals surface area contributed by atoms with Crippen LogP contribution >= 0.6 is 0 Å². The first kappa shape index (κ1) is 29.4. The Morgan fingerprint density at radius 1 is 1.23 bits per heavy atom. The van der Waals surface area contributed by atoms with Crippen molar-refractivity contribution in [2.75, 3.05) is 31.2 Å². The number of carboxylic acid groups (broad SMARTS) is 1. The van der Waals surface area contributed by atoms with Crippen LogP contribution in [0.15, 0.2) is 53.7 Å². The zero-order valence-electron chi connectivity index (χ0n) is 23.4. The van der Waals surface area contributed by atoms with E-state index in [2.05, 4.69) is 20.1 Å². The van der Waals surface area contributed by atoms with Gasteiger partial charge < -0.3 is 19.3 Å². The Labute approximate surface area is 248 Å². The molecule has 0 saturated carbocycles. The summed E-state index contributed by atoms with van der Waals surface area (Å²) in [6, 6.07) is 10.7. The predicted octanol–water partition coefficient (Wildman–Crippen LogP) is 4.11. The number of benzene rings is 1. The summed E-state index contributed by atoms with van der Waals surface area (Å²) in [5.74, 6) is -2.18. The Balaban J connectivity index is 1.37. The fraction of sp³-hybridized carbons (Fsp3) is 0.379. The molecule has 2 aliphatic rings. The molecule has 14 heteroatoms. The fourth-order valence-electron chi connectivity index (χ4n) is 5.90. The molecule has 5 heterocycles. The number of aryl methyl sites for hydroxylation is 2. The van der Waals surface area contributed by atoms with Gasteiger partial charge in [0, 0.05) is 30.9 Å². The molecule has 1 fully saturated rings. The molecule has 3 atom stereocenters. The molecule has 2 aliphatic heterocycles. The minimum absolute atomic E-state index is 0.0130. The summed E-state index contributed by atoms with van der Waals surface area (Å²) < 4.78 is 62.7. The standard InChI is InChI=1S/C29H29F3N6O4S/c1-17-5-6-19(23(13-25(39)40)22-7-9-38-26(18(22)2)34-35-28(38)29(30,31)32)12-20(17)14-36-15-21-16-42-11-10-37(21)27-24(43(36)41)4-3-8-33-27/h3-9,12,21,23H,10-11,13-16H2,1-2H3,(H,39,40). The number of alkyl halides is 3. The minimum Gasteiger partial charge on any atom is -0.593 e. The van der Waals surface area contributed by atoms with Gasteiger partial charge in [-0.15, -0.1) is 14.5 Å². The molecule has 1 saturated heterocycles. The van der Waals surface area contributed by atoms with Crippen molar-refractivity contribution >= 4 is 28.8 Å². The van der Waals surface area contributed by atoms with Gasteiger partial charge in [-0.1, -0.05) is 18.2 Å². The van der Waals surface area contributed by atoms with Gasteiger partial charge in [0.15, 0.2) is 11.5 Å². The van der Waals surface area contributed by atoms with Crippen LogP contribution in [0.5, 0.6) is 0 Å². The lowest BCUT2D eigenvalue weighted by Gasteiger charge is -2.35. The molecule has 0 radical (unpaired) electrons. The van der Waals surface area contributed by atoms with Gasteiger partial charge in [-0.25, -0.2) is 4.98 Å². The van der Waals surface area contributed by atoms with E-state index in [-0.39, 0.29) is 18.1 Å². The molecular weight excluding hydrogens is 585 g/mol. The molecule has 0 spiro atoms. The number of rotatable bonds is 6. The summed E-state index contributed by atoms with van der Waals surface area (Å²) in [7, 11) is 0. The van der Waals surface area contributed by atoms with Crippen LogP contribution in [0.1, 0.15) is 46.0 Å². The Kier molecular flexibility index (Phi) is 7.79. The lowest BCUT2D eigenvalue weighted by Crippen LogP contribution is -2.50. The van der Waals surface area contributed by atoms with Crippen molar-refractivity contribution in [2.45, 2.75) is 49.8 Å². The van der Waals surface area contributed by atoms with Crippen molar-refractivity contribution < 1.29 is 32.4 Å². The van der Waals surface area contributed by atoms with Crippen LogP contribution in [0.3, 0.4) is 0 Å². The second-order valence-electron chi connectivity index (χ2n) is 10.8. The lowest BCUT2D eigenvalue weighted by atomic mass is 9.85. The highest BCUT2D eigenvalue weighted by Crippen LogP contribution is 2.37. The van der Waals surface area contributed by atoms with Crippen molar-refractivity contribution in [3.63, 3.8) is 0 Å². The van der Waals surface area contributed by atoms with Crippen molar-refractivity contribution in [1.82, 2.24) is 23.9 Å². The summed E-state index contributed by atoms with van der Waals surface area (Å²) in [4.78, 5) is 19.3. The number of halogens is 3. The molecule has 226 valence electrons. The fourth-order valence-corrected chi connectivity index (χ4v) is 7.27. The van der Waals surface area contributed by atoms with Gasteiger partial charge in [0.05, 0.1) is 50.1 Å². The molecule has 3 aromatic heterocycles. The summed E-state index contributed by atoms with van der Waals surface area (Å²) >= 11 is -1.51. The molecule has 3 unspecified atom stereocenters. The number of ether oxygens (including phenoxy) is 1. The quantitative estimate of drug-likeness (QED) is 0.320. The average molecular weight is 615 g/mol. The van der Waals surface area contributed by atoms with Gasteiger partial charge in [0.1, 0.15) is 0 Å². The summed E-state index contributed by atoms with van der Waals surface area (Å²) in [5.41, 5.74) is 3.43. The number of hydrogen-bond acceptors (Lipinski definition) is 8. The lowest BCUT2D eigenvalue weighted by molar-refractivity contribution is -0.145. The Bertz CT molecular complexity index is 1680. The smallest absolute Gasteiger partial charge is 0.452 e. The van der Waals surface area contributed by atoms with Crippen molar-refractivity contribution in [3.05, 3.63) is 82.4 Å². The van der Waals surface area contributed by atoms with E-state index >= 15 is 0 Å². The van der Waals surface area contributed by atoms with Crippen LogP contribution in [0.2, 0.25) is 0 Å². The Hall–Kier alpha value is -3.72. The maximum atomic E-state index is 13.9. The van der Waals surface area contributed by atoms with Gasteiger partial charge in [0.2, 0.25) is 10.7 Å². The third kappa shape index (κ3) is 5.55. The zero-order chi connectivity index (χ0) is 30.5. The van der Waals surface area contributed by atoms with Gasteiger partial charge in [-0.3, -0.25) is 9.20 Å². The third-order valence-electron chi connectivity index (χ3n) is 8.08. The van der Waals surface area contributed by atoms with E-state index in [1.807, 2.05) is 35.5 Å². The number of fused-ring (bicyclic) bond motifs is 4. The topological polar surface area (TPSA) is 119 Å². The second-order valence-corrected chi connectivity index (χ2v) is 12.2. The van der Waals surface area contributed by atoms with E-state index in [0.29, 0.717) is 60.3 Å². The third-order valence-corrected chi connectivity index (χ3v) is 9.53. The maximum Gasteiger partial charge on any atom is 0.452 e. The van der Waals surface area contributed by atoms with Crippen molar-refractivity contribution in [3.8, 4) is 0 Å². The van der Waals surface area contributed by atoms with Crippen molar-refractivity contribution in [2.24, 2.45) is 0 Å². The molecule has 0 amide bonds. The molecule has 10 nitrogen and oxygen atoms in total. The van der Waals surface area contributed by atoms with Gasteiger partial charge in [0.25, 0.3) is 0 Å². The highest BCUT2D eigenvalue weighted by Gasteiger charge is 2.40. The summed E-state index contributed by atoms with van der Waals surface area (Å²) in [5, 5.41) is 16.9. The van der Waals surface area contributed by atoms with Crippen LogP contribution in [-0.4, -0.2) is 71.9 Å². The zero-order valence-corrected chi connectivity index (χ0v) is 24.2. The van der Waals surface area contributed by atoms with E-state index in [1.54, 1.807) is 19.2 Å². The number of aromatic nitrogens is 4. The van der Waals surface area contributed by atoms with Gasteiger partial charge in [-0.2, -0.15) is 13.2 Å². The highest BCUT2D eigenvalue weighted by atomic mass is 32.2. The first-order chi connectivity index (χ1) is 20.5. The molecular formula is C29H29F3N6O4S. The number of carbonyl (C=O) groups is 1. The maximum absolute atomic E-state index is 13.9. The Morgan fingerprint density at radius 2 is 2.05 bits per heavy atom. The van der Waals surface area contributed by atoms with Crippen LogP contribution < -0.4 is 4.90 Å². The van der Waals surface area contributed by atoms with Gasteiger partial charge >= 0.3 is 12.1 Å². The number of carboxylic acids is 1. The second kappa shape index (κ2) is 11.4. The molecule has 0 bridgehead atoms. The molecule has 43 heavy (non-hydrogen) atoms. The van der Waals surface area contributed by atoms with E-state index < -0.39 is 35.2 Å². The van der Waals surface area contributed by atoms with E-state index in [4.69, 9.17) is 4.74 Å². The van der Waals surface area contributed by atoms with Crippen LogP contribution in [-0.2, 0) is 33.6 Å². The number of aliphatic carboxylic acids is 1. The SMILES string of the molecule is Cc1ccc(C(CC(=O)O)c2ccn3c(C(F)(F)F)nnc3c2C)cc1CN1CC2COCCN2c2ncccc2[S+]1[O-]. The first-order valence-electron chi connectivity index (χ1n) is 13.7. The summed E-state index contributed by atoms with van der Waals surface area (Å²) in [6.45, 7) is 6.02. The highest BCUT2D eigenvalue weighted by molar-refractivity contribution is 7.89. The number of hydrogen-bond donors (Lipinski definition) is 1. The van der Waals surface area contributed by atoms with Gasteiger partial charge in [-0.05, 0) is 53.8 Å².